The summed E-state index contributed by atoms with van der Waals surface area (Å²) in [7, 11) is 0. The fourth-order valence-electron chi connectivity index (χ4n) is 6.78. The predicted molar refractivity (Wildman–Crippen MR) is 113 cm³/mol. The van der Waals surface area contributed by atoms with Crippen LogP contribution in [0.25, 0.3) is 11.6 Å². The van der Waals surface area contributed by atoms with Crippen molar-refractivity contribution in [3.8, 4) is 0 Å². The van der Waals surface area contributed by atoms with Crippen molar-refractivity contribution in [2.45, 2.75) is 37.6 Å². The monoisotopic (exact) mass is 381 g/mol. The van der Waals surface area contributed by atoms with E-state index in [1.54, 1.807) is 4.90 Å². The Bertz CT molecular complexity index is 1170. The summed E-state index contributed by atoms with van der Waals surface area (Å²) in [5.41, 5.74) is 3.67. The third-order valence-electron chi connectivity index (χ3n) is 7.71. The molecule has 4 atom stereocenters. The summed E-state index contributed by atoms with van der Waals surface area (Å²) >= 11 is 0. The second-order valence-electron chi connectivity index (χ2n) is 9.08. The van der Waals surface area contributed by atoms with Gasteiger partial charge in [0.25, 0.3) is 0 Å². The van der Waals surface area contributed by atoms with E-state index < -0.39 is 10.8 Å². The van der Waals surface area contributed by atoms with Crippen LogP contribution in [0.4, 0.5) is 0 Å². The van der Waals surface area contributed by atoms with Crippen molar-refractivity contribution >= 4 is 23.5 Å². The lowest BCUT2D eigenvalue weighted by Gasteiger charge is -2.65. The lowest BCUT2D eigenvalue weighted by molar-refractivity contribution is -0.142. The molecule has 2 amide bonds. The van der Waals surface area contributed by atoms with Gasteiger partial charge in [-0.15, -0.1) is 0 Å². The minimum absolute atomic E-state index is 0.000839. The molecule has 3 heteroatoms. The number of hydrogen-bond acceptors (Lipinski definition) is 2. The summed E-state index contributed by atoms with van der Waals surface area (Å²) in [6, 6.07) is 16.1. The van der Waals surface area contributed by atoms with Crippen LogP contribution in [-0.4, -0.2) is 22.8 Å². The first-order valence-electron chi connectivity index (χ1n) is 10.4. The number of carbonyl (C=O) groups excluding carboxylic acids is 2. The molecule has 0 bridgehead atoms. The minimum Gasteiger partial charge on any atom is -0.278 e. The van der Waals surface area contributed by atoms with Crippen LogP contribution in [-0.2, 0) is 20.4 Å². The Morgan fingerprint density at radius 2 is 1.48 bits per heavy atom. The average Bonchev–Trinajstić information content (AvgIpc) is 2.86. The van der Waals surface area contributed by atoms with E-state index in [-0.39, 0.29) is 29.7 Å². The van der Waals surface area contributed by atoms with Gasteiger partial charge in [-0.3, -0.25) is 14.5 Å². The van der Waals surface area contributed by atoms with E-state index in [2.05, 4.69) is 49.4 Å². The standard InChI is InChI=1S/C26H23NO2/c1-15(2)27-23(28)25-19-10-6-4-8-17(19)12-13-21(25)22-14-16(3)18-9-5-7-11-20(18)26(22,25)24(27)29/h4-15,21-22H,1-3H3/t21-,22+,25-,26+/m1/s1. The molecule has 29 heavy (non-hydrogen) atoms. The first kappa shape index (κ1) is 17.0. The van der Waals surface area contributed by atoms with Gasteiger partial charge in [-0.2, -0.15) is 0 Å². The maximum absolute atomic E-state index is 14.2. The molecule has 0 unspecified atom stereocenters. The van der Waals surface area contributed by atoms with Crippen molar-refractivity contribution in [1.82, 2.24) is 4.90 Å². The topological polar surface area (TPSA) is 37.4 Å². The van der Waals surface area contributed by atoms with Gasteiger partial charge in [-0.25, -0.2) is 0 Å². The zero-order chi connectivity index (χ0) is 20.1. The summed E-state index contributed by atoms with van der Waals surface area (Å²) in [5, 5.41) is 0. The van der Waals surface area contributed by atoms with Crippen LogP contribution in [0, 0.1) is 11.8 Å². The molecular formula is C26H23NO2. The molecule has 1 heterocycles. The highest BCUT2D eigenvalue weighted by atomic mass is 16.2. The zero-order valence-electron chi connectivity index (χ0n) is 16.8. The van der Waals surface area contributed by atoms with E-state index in [4.69, 9.17) is 0 Å². The lowest BCUT2D eigenvalue weighted by atomic mass is 9.33. The number of likely N-dealkylation sites (tertiary alicyclic amines) is 1. The zero-order valence-corrected chi connectivity index (χ0v) is 16.8. The molecule has 0 aromatic heterocycles. The summed E-state index contributed by atoms with van der Waals surface area (Å²) in [5.74, 6) is -0.0542. The van der Waals surface area contributed by atoms with Gasteiger partial charge < -0.3 is 0 Å². The quantitative estimate of drug-likeness (QED) is 0.690. The number of amides is 2. The Morgan fingerprint density at radius 1 is 0.862 bits per heavy atom. The molecule has 144 valence electrons. The fourth-order valence-corrected chi connectivity index (χ4v) is 6.78. The average molecular weight is 381 g/mol. The van der Waals surface area contributed by atoms with Gasteiger partial charge in [-0.1, -0.05) is 66.8 Å². The highest BCUT2D eigenvalue weighted by molar-refractivity contribution is 6.20. The van der Waals surface area contributed by atoms with Gasteiger partial charge in [-0.05, 0) is 48.6 Å². The van der Waals surface area contributed by atoms with Gasteiger partial charge in [0.1, 0.15) is 10.8 Å². The number of carbonyl (C=O) groups is 2. The second-order valence-corrected chi connectivity index (χ2v) is 9.08. The number of rotatable bonds is 1. The van der Waals surface area contributed by atoms with Crippen LogP contribution in [0.15, 0.2) is 60.7 Å². The number of nitrogens with zero attached hydrogens (tertiary/aromatic N) is 1. The SMILES string of the molecule is CC1=C[C@H]2[C@H]3C=Cc4ccccc4[C@]34C(=O)N(C(C)C)C(=O)[C@]24c2ccccc21. The maximum Gasteiger partial charge on any atom is 0.242 e. The highest BCUT2D eigenvalue weighted by Crippen LogP contribution is 2.74. The molecule has 1 saturated carbocycles. The molecule has 1 aliphatic heterocycles. The van der Waals surface area contributed by atoms with Gasteiger partial charge in [0, 0.05) is 17.9 Å². The molecule has 2 aromatic rings. The highest BCUT2D eigenvalue weighted by Gasteiger charge is 2.85. The molecule has 1 saturated heterocycles. The van der Waals surface area contributed by atoms with Crippen molar-refractivity contribution in [3.63, 3.8) is 0 Å². The van der Waals surface area contributed by atoms with Crippen LogP contribution in [0.3, 0.4) is 0 Å². The molecule has 3 aliphatic carbocycles. The summed E-state index contributed by atoms with van der Waals surface area (Å²) in [6.45, 7) is 6.00. The van der Waals surface area contributed by atoms with E-state index in [0.29, 0.717) is 0 Å². The number of allylic oxidation sites excluding steroid dienone is 3. The van der Waals surface area contributed by atoms with Crippen molar-refractivity contribution in [2.75, 3.05) is 0 Å². The van der Waals surface area contributed by atoms with Crippen LogP contribution in [0.5, 0.6) is 0 Å². The maximum atomic E-state index is 14.2. The van der Waals surface area contributed by atoms with Crippen LogP contribution in [0.2, 0.25) is 0 Å². The largest absolute Gasteiger partial charge is 0.278 e. The predicted octanol–water partition coefficient (Wildman–Crippen LogP) is 4.33. The Balaban J connectivity index is 1.77. The number of fused-ring (bicyclic) bond motifs is 3. The lowest BCUT2D eigenvalue weighted by Crippen LogP contribution is -2.73. The van der Waals surface area contributed by atoms with E-state index >= 15 is 0 Å². The molecule has 2 aromatic carbocycles. The molecule has 2 fully saturated rings. The Hall–Kier alpha value is -2.94. The van der Waals surface area contributed by atoms with E-state index in [9.17, 15) is 9.59 Å². The smallest absolute Gasteiger partial charge is 0.242 e. The normalized spacial score (nSPS) is 33.4. The molecule has 3 nitrogen and oxygen atoms in total. The van der Waals surface area contributed by atoms with Crippen LogP contribution < -0.4 is 0 Å². The second kappa shape index (κ2) is 5.15. The van der Waals surface area contributed by atoms with Crippen molar-refractivity contribution in [2.24, 2.45) is 11.8 Å². The van der Waals surface area contributed by atoms with Crippen LogP contribution in [0.1, 0.15) is 43.0 Å². The van der Waals surface area contributed by atoms with Crippen molar-refractivity contribution < 1.29 is 9.59 Å². The number of hydrogen-bond donors (Lipinski definition) is 0. The van der Waals surface area contributed by atoms with Crippen molar-refractivity contribution in [1.29, 1.82) is 0 Å². The first-order chi connectivity index (χ1) is 14.0. The Labute approximate surface area is 170 Å². The van der Waals surface area contributed by atoms with Crippen LogP contribution >= 0.6 is 0 Å². The molecular weight excluding hydrogens is 358 g/mol. The fraction of sp³-hybridized carbons (Fsp3) is 0.308. The van der Waals surface area contributed by atoms with Gasteiger partial charge >= 0.3 is 0 Å². The first-order valence-corrected chi connectivity index (χ1v) is 10.4. The van der Waals surface area contributed by atoms with Gasteiger partial charge in [0.2, 0.25) is 11.8 Å². The molecule has 4 aliphatic rings. The van der Waals surface area contributed by atoms with E-state index in [1.165, 1.54) is 5.57 Å². The Kier molecular flexibility index (Phi) is 3.01. The minimum atomic E-state index is -0.851. The summed E-state index contributed by atoms with van der Waals surface area (Å²) in [4.78, 5) is 29.8. The number of benzene rings is 2. The van der Waals surface area contributed by atoms with Crippen molar-refractivity contribution in [3.05, 3.63) is 82.9 Å². The molecule has 2 spiro atoms. The van der Waals surface area contributed by atoms with E-state index in [1.807, 2.05) is 38.1 Å². The van der Waals surface area contributed by atoms with Gasteiger partial charge in [0.05, 0.1) is 0 Å². The summed E-state index contributed by atoms with van der Waals surface area (Å²) < 4.78 is 0. The molecule has 0 radical (unpaired) electrons. The third kappa shape index (κ3) is 1.54. The van der Waals surface area contributed by atoms with Gasteiger partial charge in [0.15, 0.2) is 0 Å². The molecule has 6 rings (SSSR count). The third-order valence-corrected chi connectivity index (χ3v) is 7.71. The molecule has 0 N–H and O–H groups in total. The summed E-state index contributed by atoms with van der Waals surface area (Å²) in [6.07, 6.45) is 6.56. The van der Waals surface area contributed by atoms with E-state index in [0.717, 1.165) is 22.3 Å². The Morgan fingerprint density at radius 3 is 2.21 bits per heavy atom. The number of imide groups is 1.